The van der Waals surface area contributed by atoms with E-state index in [2.05, 4.69) is 45.8 Å². The van der Waals surface area contributed by atoms with E-state index in [4.69, 9.17) is 0 Å². The summed E-state index contributed by atoms with van der Waals surface area (Å²) in [7, 11) is 1.58. The third-order valence-electron chi connectivity index (χ3n) is 5.39. The van der Waals surface area contributed by atoms with Gasteiger partial charge in [-0.05, 0) is 35.9 Å². The molecule has 3 amide bonds. The molecule has 0 saturated heterocycles. The van der Waals surface area contributed by atoms with Crippen LogP contribution >= 0.6 is 11.3 Å². The van der Waals surface area contributed by atoms with Gasteiger partial charge in [-0.1, -0.05) is 0 Å². The van der Waals surface area contributed by atoms with Gasteiger partial charge in [-0.2, -0.15) is 13.9 Å². The standard InChI is InChI=1S/C23H18F4N8O4S/c1-35-18(30-10-12-4-5-28-17(8-12)33-20(37)34-21-29-6-7-40-21)14(11-31-35)19(36)32-13-2-3-16-15(9-13)22(24,25)39-23(26,27)38-16/h2-9,11,30H,10H2,1H3,(H,32,36)(H2,28,29,33,34,37). The highest BCUT2D eigenvalue weighted by atomic mass is 32.1. The Hall–Kier alpha value is -4.77. The molecule has 40 heavy (non-hydrogen) atoms. The van der Waals surface area contributed by atoms with Crippen LogP contribution in [0.25, 0.3) is 0 Å². The summed E-state index contributed by atoms with van der Waals surface area (Å²) in [5.41, 5.74) is -0.318. The number of urea groups is 1. The highest BCUT2D eigenvalue weighted by Crippen LogP contribution is 2.46. The van der Waals surface area contributed by atoms with E-state index in [1.54, 1.807) is 30.8 Å². The normalized spacial score (nSPS) is 14.9. The molecule has 0 atom stereocenters. The van der Waals surface area contributed by atoms with Gasteiger partial charge in [-0.25, -0.2) is 19.5 Å². The van der Waals surface area contributed by atoms with Crippen LogP contribution in [0.2, 0.25) is 0 Å². The van der Waals surface area contributed by atoms with Crippen LogP contribution in [0.1, 0.15) is 21.5 Å². The minimum atomic E-state index is -4.50. The molecule has 0 radical (unpaired) electrons. The molecular formula is C23H18F4N8O4S. The van der Waals surface area contributed by atoms with Crippen molar-refractivity contribution < 1.29 is 36.6 Å². The summed E-state index contributed by atoms with van der Waals surface area (Å²) < 4.78 is 63.7. The molecule has 0 fully saturated rings. The molecule has 0 saturated carbocycles. The van der Waals surface area contributed by atoms with Gasteiger partial charge >= 0.3 is 18.4 Å². The number of hydrogen-bond acceptors (Lipinski definition) is 9. The molecule has 17 heteroatoms. The van der Waals surface area contributed by atoms with E-state index in [9.17, 15) is 27.2 Å². The first-order chi connectivity index (χ1) is 19.0. The molecule has 4 heterocycles. The summed E-state index contributed by atoms with van der Waals surface area (Å²) in [6, 6.07) is 5.57. The van der Waals surface area contributed by atoms with E-state index in [0.29, 0.717) is 16.5 Å². The monoisotopic (exact) mass is 578 g/mol. The lowest BCUT2D eigenvalue weighted by Crippen LogP contribution is -2.41. The van der Waals surface area contributed by atoms with Crippen LogP contribution in [-0.4, -0.2) is 38.0 Å². The molecule has 0 bridgehead atoms. The van der Waals surface area contributed by atoms with Crippen LogP contribution in [0.4, 0.5) is 44.8 Å². The summed E-state index contributed by atoms with van der Waals surface area (Å²) in [6.45, 7) is 0.194. The fourth-order valence-electron chi connectivity index (χ4n) is 3.66. The van der Waals surface area contributed by atoms with Gasteiger partial charge in [0.05, 0.1) is 11.8 Å². The number of nitrogens with zero attached hydrogens (tertiary/aromatic N) is 4. The van der Waals surface area contributed by atoms with Gasteiger partial charge in [0.25, 0.3) is 5.91 Å². The predicted molar refractivity (Wildman–Crippen MR) is 134 cm³/mol. The number of rotatable bonds is 7. The molecule has 4 N–H and O–H groups in total. The first kappa shape index (κ1) is 26.8. The van der Waals surface area contributed by atoms with Crippen LogP contribution in [0.15, 0.2) is 54.3 Å². The number of pyridine rings is 1. The van der Waals surface area contributed by atoms with Crippen LogP contribution in [0.5, 0.6) is 5.75 Å². The second kappa shape index (κ2) is 10.4. The maximum atomic E-state index is 14.1. The number of carbonyl (C=O) groups is 2. The Balaban J connectivity index is 1.25. The van der Waals surface area contributed by atoms with Gasteiger partial charge < -0.3 is 15.4 Å². The van der Waals surface area contributed by atoms with Crippen LogP contribution < -0.4 is 26.0 Å². The van der Waals surface area contributed by atoms with Gasteiger partial charge in [-0.15, -0.1) is 20.1 Å². The van der Waals surface area contributed by atoms with Gasteiger partial charge in [0.1, 0.15) is 22.9 Å². The number of ether oxygens (including phenoxy) is 2. The number of alkyl halides is 4. The molecule has 4 aromatic rings. The fourth-order valence-corrected chi connectivity index (χ4v) is 4.18. The SMILES string of the molecule is Cn1ncc(C(=O)Nc2ccc3c(c2)C(F)(F)OC(F)(F)O3)c1NCc1ccnc(NC(=O)Nc2nccs2)c1. The fraction of sp³-hybridized carbons (Fsp3) is 0.174. The van der Waals surface area contributed by atoms with Crippen molar-refractivity contribution in [3.63, 3.8) is 0 Å². The van der Waals surface area contributed by atoms with E-state index in [0.717, 1.165) is 18.2 Å². The molecular weight excluding hydrogens is 560 g/mol. The maximum absolute atomic E-state index is 14.1. The number of aromatic nitrogens is 4. The Labute approximate surface area is 226 Å². The van der Waals surface area contributed by atoms with Gasteiger partial charge in [0.2, 0.25) is 0 Å². The first-order valence-electron chi connectivity index (χ1n) is 11.3. The molecule has 1 aliphatic rings. The van der Waals surface area contributed by atoms with Crippen LogP contribution in [-0.2, 0) is 24.4 Å². The van der Waals surface area contributed by atoms with Crippen molar-refractivity contribution in [1.29, 1.82) is 0 Å². The zero-order valence-corrected chi connectivity index (χ0v) is 21.1. The molecule has 1 aliphatic heterocycles. The minimum absolute atomic E-state index is 0.0706. The third kappa shape index (κ3) is 5.94. The number of anilines is 4. The van der Waals surface area contributed by atoms with Crippen LogP contribution in [0.3, 0.4) is 0 Å². The van der Waals surface area contributed by atoms with Crippen molar-refractivity contribution in [3.05, 3.63) is 71.0 Å². The van der Waals surface area contributed by atoms with E-state index >= 15 is 0 Å². The van der Waals surface area contributed by atoms with E-state index in [1.165, 1.54) is 28.4 Å². The lowest BCUT2D eigenvalue weighted by Gasteiger charge is -2.30. The number of fused-ring (bicyclic) bond motifs is 1. The number of nitrogens with one attached hydrogen (secondary N) is 4. The zero-order valence-electron chi connectivity index (χ0n) is 20.2. The topological polar surface area (TPSA) is 144 Å². The number of carbonyl (C=O) groups excluding carboxylic acids is 2. The zero-order chi connectivity index (χ0) is 28.5. The molecule has 0 spiro atoms. The van der Waals surface area contributed by atoms with Gasteiger partial charge in [-0.3, -0.25) is 20.1 Å². The second-order valence-electron chi connectivity index (χ2n) is 8.20. The Morgan fingerprint density at radius 1 is 1.05 bits per heavy atom. The van der Waals surface area contributed by atoms with E-state index in [1.807, 2.05) is 0 Å². The average Bonchev–Trinajstić information content (AvgIpc) is 3.51. The third-order valence-corrected chi connectivity index (χ3v) is 6.08. The number of thiazole rings is 1. The summed E-state index contributed by atoms with van der Waals surface area (Å²) >= 11 is 1.26. The van der Waals surface area contributed by atoms with Crippen molar-refractivity contribution in [2.45, 2.75) is 18.9 Å². The number of amides is 3. The lowest BCUT2D eigenvalue weighted by molar-refractivity contribution is -0.461. The first-order valence-corrected chi connectivity index (χ1v) is 12.2. The highest BCUT2D eigenvalue weighted by Gasteiger charge is 2.54. The molecule has 3 aromatic heterocycles. The smallest absolute Gasteiger partial charge is 0.409 e. The van der Waals surface area contributed by atoms with Crippen molar-refractivity contribution >= 4 is 45.7 Å². The summed E-state index contributed by atoms with van der Waals surface area (Å²) in [6.07, 6.45) is -4.55. The lowest BCUT2D eigenvalue weighted by atomic mass is 10.1. The molecule has 12 nitrogen and oxygen atoms in total. The molecule has 5 rings (SSSR count). The number of halogens is 4. The largest absolute Gasteiger partial charge is 0.540 e. The van der Waals surface area contributed by atoms with Crippen molar-refractivity contribution in [3.8, 4) is 5.75 Å². The highest BCUT2D eigenvalue weighted by molar-refractivity contribution is 7.13. The Morgan fingerprint density at radius 3 is 2.65 bits per heavy atom. The predicted octanol–water partition coefficient (Wildman–Crippen LogP) is 4.79. The molecule has 1 aromatic carbocycles. The maximum Gasteiger partial charge on any atom is 0.540 e. The second-order valence-corrected chi connectivity index (χ2v) is 9.09. The Morgan fingerprint density at radius 2 is 1.88 bits per heavy atom. The molecule has 0 unspecified atom stereocenters. The van der Waals surface area contributed by atoms with E-state index < -0.39 is 35.7 Å². The quantitative estimate of drug-likeness (QED) is 0.229. The van der Waals surface area contributed by atoms with Gasteiger partial charge in [0.15, 0.2) is 5.13 Å². The number of aryl methyl sites for hydroxylation is 1. The van der Waals surface area contributed by atoms with Gasteiger partial charge in [0, 0.05) is 37.1 Å². The minimum Gasteiger partial charge on any atom is -0.409 e. The summed E-state index contributed by atoms with van der Waals surface area (Å²) in [5.74, 6) is -0.932. The molecule has 0 aliphatic carbocycles. The summed E-state index contributed by atoms with van der Waals surface area (Å²) in [5, 5.41) is 16.9. The Bertz CT molecular complexity index is 1560. The van der Waals surface area contributed by atoms with Crippen molar-refractivity contribution in [2.24, 2.45) is 7.05 Å². The van der Waals surface area contributed by atoms with E-state index in [-0.39, 0.29) is 23.6 Å². The van der Waals surface area contributed by atoms with Crippen LogP contribution in [0, 0.1) is 0 Å². The average molecular weight is 579 g/mol. The number of benzene rings is 1. The Kier molecular flexibility index (Phi) is 6.99. The molecule has 208 valence electrons. The number of hydrogen-bond donors (Lipinski definition) is 4. The van der Waals surface area contributed by atoms with Crippen molar-refractivity contribution in [2.75, 3.05) is 21.3 Å². The van der Waals surface area contributed by atoms with Crippen molar-refractivity contribution in [1.82, 2.24) is 19.7 Å². The summed E-state index contributed by atoms with van der Waals surface area (Å²) in [4.78, 5) is 33.2.